The number of rotatable bonds is 9. The Hall–Kier alpha value is -3.96. The van der Waals surface area contributed by atoms with Gasteiger partial charge in [-0.2, -0.15) is 4.31 Å². The fourth-order valence-electron chi connectivity index (χ4n) is 5.02. The number of benzene rings is 3. The summed E-state index contributed by atoms with van der Waals surface area (Å²) < 4.78 is 55.5. The summed E-state index contributed by atoms with van der Waals surface area (Å²) in [6, 6.07) is 14.9. The van der Waals surface area contributed by atoms with Crippen LogP contribution in [0.1, 0.15) is 56.8 Å². The fourth-order valence-corrected chi connectivity index (χ4v) is 6.53. The van der Waals surface area contributed by atoms with Gasteiger partial charge in [0.1, 0.15) is 11.6 Å². The molecule has 0 unspecified atom stereocenters. The highest BCUT2D eigenvalue weighted by Crippen LogP contribution is 2.26. The number of carbonyl (C=O) groups excluding carboxylic acids is 3. The molecule has 3 amide bonds. The number of hydrogen-bond acceptors (Lipinski definition) is 5. The van der Waals surface area contributed by atoms with Crippen LogP contribution in [0.5, 0.6) is 0 Å². The molecule has 40 heavy (non-hydrogen) atoms. The quantitative estimate of drug-likeness (QED) is 0.281. The number of halogens is 2. The highest BCUT2D eigenvalue weighted by molar-refractivity contribution is 7.89. The molecule has 208 valence electrons. The zero-order valence-corrected chi connectivity index (χ0v) is 22.4. The second-order valence-corrected chi connectivity index (χ2v) is 11.6. The number of sulfonamides is 1. The van der Waals surface area contributed by atoms with E-state index < -0.39 is 27.6 Å². The number of imide groups is 1. The molecule has 3 aromatic rings. The molecule has 0 aromatic heterocycles. The van der Waals surface area contributed by atoms with E-state index in [0.29, 0.717) is 43.1 Å². The maximum Gasteiger partial charge on any atom is 0.261 e. The molecule has 2 aliphatic rings. The van der Waals surface area contributed by atoms with Crippen molar-refractivity contribution in [3.8, 4) is 0 Å². The normalized spacial score (nSPS) is 15.5. The highest BCUT2D eigenvalue weighted by atomic mass is 32.2. The van der Waals surface area contributed by atoms with Crippen molar-refractivity contribution in [2.45, 2.75) is 30.6 Å². The predicted octanol–water partition coefficient (Wildman–Crippen LogP) is 4.47. The Morgan fingerprint density at radius 3 is 2.08 bits per heavy atom. The molecule has 5 rings (SSSR count). The average Bonchev–Trinajstić information content (AvgIpc) is 3.58. The molecule has 3 aromatic carbocycles. The lowest BCUT2D eigenvalue weighted by Gasteiger charge is -2.24. The molecule has 0 radical (unpaired) electrons. The van der Waals surface area contributed by atoms with Crippen LogP contribution >= 0.6 is 0 Å². The first-order chi connectivity index (χ1) is 19.2. The molecule has 0 aliphatic carbocycles. The van der Waals surface area contributed by atoms with Gasteiger partial charge >= 0.3 is 0 Å². The van der Waals surface area contributed by atoms with E-state index in [0.717, 1.165) is 28.7 Å². The number of unbranched alkanes of at least 4 members (excludes halogenated alkanes) is 1. The van der Waals surface area contributed by atoms with Crippen molar-refractivity contribution in [3.05, 3.63) is 95.1 Å². The van der Waals surface area contributed by atoms with Crippen molar-refractivity contribution in [3.63, 3.8) is 0 Å². The number of hydrogen-bond donors (Lipinski definition) is 0. The monoisotopic (exact) mass is 567 g/mol. The number of anilines is 1. The van der Waals surface area contributed by atoms with Crippen LogP contribution in [0, 0.1) is 11.6 Å². The number of carbonyl (C=O) groups is 3. The summed E-state index contributed by atoms with van der Waals surface area (Å²) in [6.07, 6.45) is 2.23. The van der Waals surface area contributed by atoms with Crippen LogP contribution in [-0.4, -0.2) is 61.5 Å². The zero-order chi connectivity index (χ0) is 28.4. The van der Waals surface area contributed by atoms with E-state index in [2.05, 4.69) is 0 Å². The summed E-state index contributed by atoms with van der Waals surface area (Å²) in [7, 11) is -3.67. The fraction of sp³-hybridized carbons (Fsp3) is 0.276. The Morgan fingerprint density at radius 1 is 0.850 bits per heavy atom. The summed E-state index contributed by atoms with van der Waals surface area (Å²) in [6.45, 7) is 1.02. The van der Waals surface area contributed by atoms with Crippen LogP contribution in [-0.2, 0) is 10.0 Å². The van der Waals surface area contributed by atoms with Crippen LogP contribution < -0.4 is 4.90 Å². The average molecular weight is 568 g/mol. The molecule has 2 aliphatic heterocycles. The van der Waals surface area contributed by atoms with Crippen LogP contribution in [0.2, 0.25) is 0 Å². The minimum atomic E-state index is -3.67. The number of nitrogens with zero attached hydrogens (tertiary/aromatic N) is 3. The first kappa shape index (κ1) is 27.6. The third-order valence-corrected chi connectivity index (χ3v) is 9.05. The molecule has 0 atom stereocenters. The molecule has 1 fully saturated rings. The van der Waals surface area contributed by atoms with Gasteiger partial charge in [0, 0.05) is 37.8 Å². The Kier molecular flexibility index (Phi) is 7.77. The Balaban J connectivity index is 1.31. The molecule has 0 bridgehead atoms. The third kappa shape index (κ3) is 5.26. The van der Waals surface area contributed by atoms with Gasteiger partial charge in [0.05, 0.1) is 21.7 Å². The number of amides is 3. The molecule has 11 heteroatoms. The lowest BCUT2D eigenvalue weighted by Crippen LogP contribution is -2.34. The van der Waals surface area contributed by atoms with E-state index in [1.165, 1.54) is 34.6 Å². The Labute approximate surface area is 230 Å². The predicted molar refractivity (Wildman–Crippen MR) is 144 cm³/mol. The van der Waals surface area contributed by atoms with Gasteiger partial charge in [-0.15, -0.1) is 0 Å². The minimum Gasteiger partial charge on any atom is -0.306 e. The summed E-state index contributed by atoms with van der Waals surface area (Å²) in [4.78, 5) is 41.1. The number of fused-ring (bicyclic) bond motifs is 1. The van der Waals surface area contributed by atoms with Crippen molar-refractivity contribution < 1.29 is 31.6 Å². The van der Waals surface area contributed by atoms with E-state index in [1.54, 1.807) is 24.3 Å². The van der Waals surface area contributed by atoms with Crippen LogP contribution in [0.25, 0.3) is 0 Å². The molecule has 2 heterocycles. The lowest BCUT2D eigenvalue weighted by molar-refractivity contribution is 0.0651. The van der Waals surface area contributed by atoms with E-state index >= 15 is 0 Å². The van der Waals surface area contributed by atoms with E-state index in [4.69, 9.17) is 0 Å². The SMILES string of the molecule is O=C1c2ccccc2C(=O)N1CCCCN(C(=O)c1ccc(S(=O)(=O)N2CCCC2)cc1)c1ccc(F)cc1F. The molecular formula is C29H27F2N3O5S. The summed E-state index contributed by atoms with van der Waals surface area (Å²) >= 11 is 0. The van der Waals surface area contributed by atoms with Gasteiger partial charge in [0.15, 0.2) is 0 Å². The van der Waals surface area contributed by atoms with E-state index in [1.807, 2.05) is 0 Å². The van der Waals surface area contributed by atoms with Gasteiger partial charge in [-0.3, -0.25) is 19.3 Å². The van der Waals surface area contributed by atoms with Crippen molar-refractivity contribution in [1.29, 1.82) is 0 Å². The standard InChI is InChI=1S/C29H27F2N3O5S/c30-21-11-14-26(25(31)19-21)33(17-5-6-18-34-28(36)23-7-1-2-8-24(23)29(34)37)27(35)20-9-12-22(13-10-20)40(38,39)32-15-3-4-16-32/h1-2,7-14,19H,3-6,15-18H2. The van der Waals surface area contributed by atoms with Gasteiger partial charge in [0.2, 0.25) is 10.0 Å². The maximum absolute atomic E-state index is 14.8. The molecule has 8 nitrogen and oxygen atoms in total. The molecule has 1 saturated heterocycles. The van der Waals surface area contributed by atoms with E-state index in [-0.39, 0.29) is 41.1 Å². The molecule has 0 saturated carbocycles. The van der Waals surface area contributed by atoms with Crippen molar-refractivity contribution in [2.75, 3.05) is 31.1 Å². The topological polar surface area (TPSA) is 95.1 Å². The second kappa shape index (κ2) is 11.3. The smallest absolute Gasteiger partial charge is 0.261 e. The second-order valence-electron chi connectivity index (χ2n) is 9.70. The van der Waals surface area contributed by atoms with Gasteiger partial charge in [-0.1, -0.05) is 12.1 Å². The largest absolute Gasteiger partial charge is 0.306 e. The van der Waals surface area contributed by atoms with Crippen LogP contribution in [0.4, 0.5) is 14.5 Å². The molecule has 0 N–H and O–H groups in total. The van der Waals surface area contributed by atoms with Crippen molar-refractivity contribution in [2.24, 2.45) is 0 Å². The zero-order valence-electron chi connectivity index (χ0n) is 21.6. The summed E-state index contributed by atoms with van der Waals surface area (Å²) in [5.74, 6) is -3.10. The first-order valence-electron chi connectivity index (χ1n) is 13.0. The lowest BCUT2D eigenvalue weighted by atomic mass is 10.1. The van der Waals surface area contributed by atoms with Gasteiger partial charge < -0.3 is 4.90 Å². The van der Waals surface area contributed by atoms with Gasteiger partial charge in [0.25, 0.3) is 17.7 Å². The third-order valence-electron chi connectivity index (χ3n) is 7.14. The Bertz CT molecular complexity index is 1540. The highest BCUT2D eigenvalue weighted by Gasteiger charge is 2.34. The van der Waals surface area contributed by atoms with Crippen LogP contribution in [0.15, 0.2) is 71.6 Å². The minimum absolute atomic E-state index is 0.0123. The van der Waals surface area contributed by atoms with Crippen LogP contribution in [0.3, 0.4) is 0 Å². The summed E-state index contributed by atoms with van der Waals surface area (Å²) in [5, 5.41) is 0. The molecular weight excluding hydrogens is 540 g/mol. The summed E-state index contributed by atoms with van der Waals surface area (Å²) in [5.41, 5.74) is 0.672. The van der Waals surface area contributed by atoms with Crippen molar-refractivity contribution in [1.82, 2.24) is 9.21 Å². The maximum atomic E-state index is 14.8. The Morgan fingerprint density at radius 2 is 1.48 bits per heavy atom. The van der Waals surface area contributed by atoms with Gasteiger partial charge in [-0.25, -0.2) is 17.2 Å². The van der Waals surface area contributed by atoms with Crippen molar-refractivity contribution >= 4 is 33.4 Å². The van der Waals surface area contributed by atoms with Gasteiger partial charge in [-0.05, 0) is 74.2 Å². The first-order valence-corrected chi connectivity index (χ1v) is 14.4. The molecule has 0 spiro atoms. The van der Waals surface area contributed by atoms with E-state index in [9.17, 15) is 31.6 Å².